The number of amides is 1. The number of aromatic nitrogens is 1. The molecule has 0 bridgehead atoms. The van der Waals surface area contributed by atoms with Crippen molar-refractivity contribution < 1.29 is 14.3 Å². The summed E-state index contributed by atoms with van der Waals surface area (Å²) in [7, 11) is 0. The highest BCUT2D eigenvalue weighted by Gasteiger charge is 2.09. The SMILES string of the molecule is CCOC(=O)/C=C/c1ccc(NC(=O)c2csc(C)n2)cc1. The molecule has 0 aliphatic carbocycles. The Kier molecular flexibility index (Phi) is 5.43. The number of aryl methyl sites for hydroxylation is 1. The Morgan fingerprint density at radius 1 is 1.32 bits per heavy atom. The quantitative estimate of drug-likeness (QED) is 0.679. The fourth-order valence-electron chi connectivity index (χ4n) is 1.70. The molecule has 6 heteroatoms. The third kappa shape index (κ3) is 4.53. The molecule has 1 N–H and O–H groups in total. The minimum atomic E-state index is -0.376. The van der Waals surface area contributed by atoms with Crippen molar-refractivity contribution in [3.05, 3.63) is 52.0 Å². The summed E-state index contributed by atoms with van der Waals surface area (Å²) in [4.78, 5) is 27.3. The molecule has 0 atom stereocenters. The van der Waals surface area contributed by atoms with Crippen LogP contribution in [0.3, 0.4) is 0 Å². The predicted molar refractivity (Wildman–Crippen MR) is 86.9 cm³/mol. The molecule has 0 unspecified atom stereocenters. The molecule has 0 aliphatic heterocycles. The number of ether oxygens (including phenoxy) is 1. The maximum Gasteiger partial charge on any atom is 0.330 e. The van der Waals surface area contributed by atoms with Crippen molar-refractivity contribution in [2.75, 3.05) is 11.9 Å². The van der Waals surface area contributed by atoms with E-state index < -0.39 is 0 Å². The first-order valence-corrected chi connectivity index (χ1v) is 7.65. The minimum absolute atomic E-state index is 0.237. The number of thiazole rings is 1. The molecule has 0 fully saturated rings. The van der Waals surface area contributed by atoms with Gasteiger partial charge in [0.2, 0.25) is 0 Å². The van der Waals surface area contributed by atoms with E-state index in [0.717, 1.165) is 10.6 Å². The lowest BCUT2D eigenvalue weighted by molar-refractivity contribution is -0.137. The Bertz CT molecular complexity index is 690. The van der Waals surface area contributed by atoms with E-state index in [1.165, 1.54) is 17.4 Å². The average molecular weight is 316 g/mol. The third-order valence-corrected chi connectivity index (χ3v) is 3.49. The normalized spacial score (nSPS) is 10.6. The lowest BCUT2D eigenvalue weighted by atomic mass is 10.2. The summed E-state index contributed by atoms with van der Waals surface area (Å²) in [6.07, 6.45) is 3.03. The van der Waals surface area contributed by atoms with Crippen LogP contribution in [-0.4, -0.2) is 23.5 Å². The molecule has 114 valence electrons. The van der Waals surface area contributed by atoms with Crippen molar-refractivity contribution in [3.63, 3.8) is 0 Å². The van der Waals surface area contributed by atoms with Gasteiger partial charge in [-0.25, -0.2) is 9.78 Å². The van der Waals surface area contributed by atoms with Gasteiger partial charge in [0.05, 0.1) is 11.6 Å². The molecular weight excluding hydrogens is 300 g/mol. The van der Waals surface area contributed by atoms with Gasteiger partial charge < -0.3 is 10.1 Å². The van der Waals surface area contributed by atoms with Gasteiger partial charge in [-0.1, -0.05) is 12.1 Å². The van der Waals surface area contributed by atoms with E-state index in [1.807, 2.05) is 6.92 Å². The lowest BCUT2D eigenvalue weighted by Gasteiger charge is -2.03. The first kappa shape index (κ1) is 15.9. The van der Waals surface area contributed by atoms with Gasteiger partial charge in [0.15, 0.2) is 0 Å². The Hall–Kier alpha value is -2.47. The van der Waals surface area contributed by atoms with E-state index in [4.69, 9.17) is 4.74 Å². The second-order valence-corrected chi connectivity index (χ2v) is 5.48. The van der Waals surface area contributed by atoms with Crippen LogP contribution in [0.15, 0.2) is 35.7 Å². The summed E-state index contributed by atoms with van der Waals surface area (Å²) in [6, 6.07) is 7.14. The van der Waals surface area contributed by atoms with E-state index in [2.05, 4.69) is 10.3 Å². The monoisotopic (exact) mass is 316 g/mol. The largest absolute Gasteiger partial charge is 0.463 e. The number of esters is 1. The number of carbonyl (C=O) groups is 2. The summed E-state index contributed by atoms with van der Waals surface area (Å²) in [5, 5.41) is 5.35. The van der Waals surface area contributed by atoms with Crippen molar-refractivity contribution in [1.29, 1.82) is 0 Å². The third-order valence-electron chi connectivity index (χ3n) is 2.72. The number of benzene rings is 1. The molecule has 2 rings (SSSR count). The van der Waals surface area contributed by atoms with Crippen LogP contribution in [0, 0.1) is 6.92 Å². The van der Waals surface area contributed by atoms with Crippen LogP contribution in [0.5, 0.6) is 0 Å². The van der Waals surface area contributed by atoms with Gasteiger partial charge >= 0.3 is 5.97 Å². The fourth-order valence-corrected chi connectivity index (χ4v) is 2.29. The molecule has 22 heavy (non-hydrogen) atoms. The van der Waals surface area contributed by atoms with Crippen molar-refractivity contribution in [2.45, 2.75) is 13.8 Å². The molecule has 0 spiro atoms. The Morgan fingerprint density at radius 3 is 2.64 bits per heavy atom. The van der Waals surface area contributed by atoms with Gasteiger partial charge in [0.1, 0.15) is 5.69 Å². The standard InChI is InChI=1S/C16H16N2O3S/c1-3-21-15(19)9-6-12-4-7-13(8-5-12)18-16(20)14-10-22-11(2)17-14/h4-10H,3H2,1-2H3,(H,18,20)/b9-6+. The smallest absolute Gasteiger partial charge is 0.330 e. The number of hydrogen-bond acceptors (Lipinski definition) is 5. The molecule has 0 saturated carbocycles. The average Bonchev–Trinajstić information content (AvgIpc) is 2.93. The van der Waals surface area contributed by atoms with Gasteiger partial charge in [-0.2, -0.15) is 0 Å². The fraction of sp³-hybridized carbons (Fsp3) is 0.188. The van der Waals surface area contributed by atoms with Crippen molar-refractivity contribution in [1.82, 2.24) is 4.98 Å². The minimum Gasteiger partial charge on any atom is -0.463 e. The van der Waals surface area contributed by atoms with Gasteiger partial charge in [0.25, 0.3) is 5.91 Å². The van der Waals surface area contributed by atoms with Crippen LogP contribution in [-0.2, 0) is 9.53 Å². The molecule has 1 aromatic heterocycles. The maximum atomic E-state index is 12.0. The summed E-state index contributed by atoms with van der Waals surface area (Å²) in [6.45, 7) is 3.96. The number of hydrogen-bond donors (Lipinski definition) is 1. The summed E-state index contributed by atoms with van der Waals surface area (Å²) < 4.78 is 4.80. The zero-order valence-electron chi connectivity index (χ0n) is 12.3. The Labute approximate surface area is 132 Å². The molecule has 5 nitrogen and oxygen atoms in total. The Balaban J connectivity index is 1.97. The van der Waals surface area contributed by atoms with E-state index >= 15 is 0 Å². The van der Waals surface area contributed by atoms with Crippen LogP contribution in [0.2, 0.25) is 0 Å². The molecular formula is C16H16N2O3S. The first-order valence-electron chi connectivity index (χ1n) is 6.77. The number of rotatable bonds is 5. The highest BCUT2D eigenvalue weighted by atomic mass is 32.1. The summed E-state index contributed by atoms with van der Waals surface area (Å²) >= 11 is 1.43. The lowest BCUT2D eigenvalue weighted by Crippen LogP contribution is -2.12. The van der Waals surface area contributed by atoms with Gasteiger partial charge in [-0.15, -0.1) is 11.3 Å². The second kappa shape index (κ2) is 7.51. The van der Waals surface area contributed by atoms with Gasteiger partial charge in [-0.05, 0) is 37.6 Å². The number of carbonyl (C=O) groups excluding carboxylic acids is 2. The van der Waals surface area contributed by atoms with Crippen LogP contribution >= 0.6 is 11.3 Å². The molecule has 0 saturated heterocycles. The Morgan fingerprint density at radius 2 is 2.05 bits per heavy atom. The van der Waals surface area contributed by atoms with Crippen molar-refractivity contribution >= 4 is 35.0 Å². The molecule has 1 amide bonds. The topological polar surface area (TPSA) is 68.3 Å². The van der Waals surface area contributed by atoms with Crippen LogP contribution in [0.1, 0.15) is 28.0 Å². The zero-order valence-corrected chi connectivity index (χ0v) is 13.1. The van der Waals surface area contributed by atoms with Gasteiger partial charge in [-0.3, -0.25) is 4.79 Å². The van der Waals surface area contributed by atoms with Crippen LogP contribution in [0.4, 0.5) is 5.69 Å². The number of nitrogens with zero attached hydrogens (tertiary/aromatic N) is 1. The highest BCUT2D eigenvalue weighted by molar-refractivity contribution is 7.09. The van der Waals surface area contributed by atoms with Crippen LogP contribution < -0.4 is 5.32 Å². The maximum absolute atomic E-state index is 12.0. The van der Waals surface area contributed by atoms with Crippen molar-refractivity contribution in [3.8, 4) is 0 Å². The summed E-state index contributed by atoms with van der Waals surface area (Å²) in [5.41, 5.74) is 1.92. The van der Waals surface area contributed by atoms with E-state index in [1.54, 1.807) is 42.6 Å². The van der Waals surface area contributed by atoms with E-state index in [0.29, 0.717) is 18.0 Å². The van der Waals surface area contributed by atoms with E-state index in [9.17, 15) is 9.59 Å². The first-order chi connectivity index (χ1) is 10.6. The number of anilines is 1. The molecule has 1 heterocycles. The van der Waals surface area contributed by atoms with E-state index in [-0.39, 0.29) is 11.9 Å². The molecule has 1 aromatic carbocycles. The molecule has 0 aliphatic rings. The van der Waals surface area contributed by atoms with Gasteiger partial charge in [0, 0.05) is 17.1 Å². The van der Waals surface area contributed by atoms with Crippen molar-refractivity contribution in [2.24, 2.45) is 0 Å². The zero-order chi connectivity index (χ0) is 15.9. The highest BCUT2D eigenvalue weighted by Crippen LogP contribution is 2.14. The summed E-state index contributed by atoms with van der Waals surface area (Å²) in [5.74, 6) is -0.613. The molecule has 2 aromatic rings. The second-order valence-electron chi connectivity index (χ2n) is 4.41. The number of nitrogens with one attached hydrogen (secondary N) is 1. The predicted octanol–water partition coefficient (Wildman–Crippen LogP) is 3.28. The molecule has 0 radical (unpaired) electrons. The van der Waals surface area contributed by atoms with Crippen LogP contribution in [0.25, 0.3) is 6.08 Å².